The second kappa shape index (κ2) is 7.77. The molecule has 0 unspecified atom stereocenters. The van der Waals surface area contributed by atoms with Crippen molar-refractivity contribution in [2.75, 3.05) is 38.6 Å². The van der Waals surface area contributed by atoms with Crippen molar-refractivity contribution in [2.45, 2.75) is 19.9 Å². The molecule has 0 saturated heterocycles. The van der Waals surface area contributed by atoms with Crippen LogP contribution in [0.25, 0.3) is 0 Å². The Kier molecular flexibility index (Phi) is 6.68. The van der Waals surface area contributed by atoms with Gasteiger partial charge in [-0.1, -0.05) is 15.9 Å². The number of benzene rings is 1. The Morgan fingerprint density at radius 3 is 2.50 bits per heavy atom. The Balaban J connectivity index is 2.75. The molecule has 18 heavy (non-hydrogen) atoms. The fourth-order valence-electron chi connectivity index (χ4n) is 2.05. The summed E-state index contributed by atoms with van der Waals surface area (Å²) in [4.78, 5) is 4.62. The molecule has 3 nitrogen and oxygen atoms in total. The number of hydrogen-bond acceptors (Lipinski definition) is 3. The summed E-state index contributed by atoms with van der Waals surface area (Å²) in [6.07, 6.45) is 1.17. The molecule has 0 aliphatic rings. The predicted molar refractivity (Wildman–Crippen MR) is 83.1 cm³/mol. The van der Waals surface area contributed by atoms with E-state index >= 15 is 0 Å². The minimum Gasteiger partial charge on any atom is -0.372 e. The summed E-state index contributed by atoms with van der Waals surface area (Å²) in [5.74, 6) is 0. The molecule has 1 rings (SSSR count). The van der Waals surface area contributed by atoms with E-state index in [1.54, 1.807) is 0 Å². The normalized spacial score (nSPS) is 11.0. The highest BCUT2D eigenvalue weighted by atomic mass is 79.9. The van der Waals surface area contributed by atoms with Gasteiger partial charge in [0, 0.05) is 29.8 Å². The predicted octanol–water partition coefficient (Wildman–Crippen LogP) is 2.69. The van der Waals surface area contributed by atoms with Gasteiger partial charge >= 0.3 is 0 Å². The van der Waals surface area contributed by atoms with Crippen LogP contribution in [-0.4, -0.2) is 38.6 Å². The zero-order chi connectivity index (χ0) is 13.5. The lowest BCUT2D eigenvalue weighted by Gasteiger charge is -2.26. The van der Waals surface area contributed by atoms with Crippen molar-refractivity contribution in [3.8, 4) is 0 Å². The first-order chi connectivity index (χ1) is 8.58. The third-order valence-electron chi connectivity index (χ3n) is 3.02. The second-order valence-corrected chi connectivity index (χ2v) is 5.63. The number of rotatable bonds is 7. The van der Waals surface area contributed by atoms with Crippen LogP contribution in [0.15, 0.2) is 22.7 Å². The van der Waals surface area contributed by atoms with E-state index in [0.29, 0.717) is 6.54 Å². The number of hydrogen-bond donors (Lipinski definition) is 1. The highest BCUT2D eigenvalue weighted by Crippen LogP contribution is 2.24. The van der Waals surface area contributed by atoms with Gasteiger partial charge in [-0.25, -0.2) is 0 Å². The molecule has 0 radical (unpaired) electrons. The summed E-state index contributed by atoms with van der Waals surface area (Å²) >= 11 is 3.50. The Bertz CT molecular complexity index is 366. The van der Waals surface area contributed by atoms with E-state index < -0.39 is 0 Å². The maximum atomic E-state index is 5.83. The van der Waals surface area contributed by atoms with Gasteiger partial charge in [0.15, 0.2) is 0 Å². The largest absolute Gasteiger partial charge is 0.372 e. The minimum atomic E-state index is 0.582. The smallest absolute Gasteiger partial charge is 0.0412 e. The zero-order valence-corrected chi connectivity index (χ0v) is 13.2. The highest BCUT2D eigenvalue weighted by molar-refractivity contribution is 9.10. The molecule has 1 aromatic carbocycles. The summed E-state index contributed by atoms with van der Waals surface area (Å²) in [5, 5.41) is 0. The van der Waals surface area contributed by atoms with Gasteiger partial charge in [-0.3, -0.25) is 0 Å². The molecular weight excluding hydrogens is 290 g/mol. The van der Waals surface area contributed by atoms with E-state index in [1.807, 2.05) is 0 Å². The Hall–Kier alpha value is -0.580. The van der Waals surface area contributed by atoms with Crippen molar-refractivity contribution in [1.29, 1.82) is 0 Å². The van der Waals surface area contributed by atoms with E-state index in [4.69, 9.17) is 5.73 Å². The molecule has 0 bridgehead atoms. The first-order valence-electron chi connectivity index (χ1n) is 6.46. The van der Waals surface area contributed by atoms with E-state index in [2.05, 4.69) is 64.9 Å². The van der Waals surface area contributed by atoms with Crippen LogP contribution < -0.4 is 10.6 Å². The SMILES string of the molecule is CCN(CCCN(C)C)c1ccc(Br)cc1CN. The highest BCUT2D eigenvalue weighted by Gasteiger charge is 2.09. The van der Waals surface area contributed by atoms with Gasteiger partial charge in [0.05, 0.1) is 0 Å². The monoisotopic (exact) mass is 313 g/mol. The van der Waals surface area contributed by atoms with Crippen molar-refractivity contribution >= 4 is 21.6 Å². The third kappa shape index (κ3) is 4.59. The van der Waals surface area contributed by atoms with Crippen LogP contribution in [0.3, 0.4) is 0 Å². The molecule has 0 aliphatic carbocycles. The van der Waals surface area contributed by atoms with E-state index in [9.17, 15) is 0 Å². The molecule has 2 N–H and O–H groups in total. The first kappa shape index (κ1) is 15.5. The van der Waals surface area contributed by atoms with Gasteiger partial charge in [-0.2, -0.15) is 0 Å². The molecular formula is C14H24BrN3. The molecule has 0 aliphatic heterocycles. The summed E-state index contributed by atoms with van der Waals surface area (Å²) in [5.41, 5.74) is 8.30. The van der Waals surface area contributed by atoms with Gasteiger partial charge in [0.25, 0.3) is 0 Å². The number of nitrogens with zero attached hydrogens (tertiary/aromatic N) is 2. The quantitative estimate of drug-likeness (QED) is 0.840. The first-order valence-corrected chi connectivity index (χ1v) is 7.26. The maximum Gasteiger partial charge on any atom is 0.0412 e. The van der Waals surface area contributed by atoms with Crippen LogP contribution in [0.4, 0.5) is 5.69 Å². The van der Waals surface area contributed by atoms with Gasteiger partial charge in [0.1, 0.15) is 0 Å². The van der Waals surface area contributed by atoms with E-state index in [0.717, 1.165) is 24.1 Å². The fourth-order valence-corrected chi connectivity index (χ4v) is 2.46. The van der Waals surface area contributed by atoms with Crippen LogP contribution >= 0.6 is 15.9 Å². The molecule has 0 atom stereocenters. The number of halogens is 1. The lowest BCUT2D eigenvalue weighted by atomic mass is 10.1. The Labute approximate surface area is 119 Å². The Morgan fingerprint density at radius 1 is 1.22 bits per heavy atom. The minimum absolute atomic E-state index is 0.582. The molecule has 0 saturated carbocycles. The average Bonchev–Trinajstić information content (AvgIpc) is 2.34. The molecule has 0 aromatic heterocycles. The molecule has 102 valence electrons. The van der Waals surface area contributed by atoms with Gasteiger partial charge in [-0.15, -0.1) is 0 Å². The van der Waals surface area contributed by atoms with E-state index in [-0.39, 0.29) is 0 Å². The molecule has 0 spiro atoms. The standard InChI is InChI=1S/C14H24BrN3/c1-4-18(9-5-8-17(2)3)14-7-6-13(15)10-12(14)11-16/h6-7,10H,4-5,8-9,11,16H2,1-3H3. The number of nitrogens with two attached hydrogens (primary N) is 1. The fraction of sp³-hybridized carbons (Fsp3) is 0.571. The van der Waals surface area contributed by atoms with Gasteiger partial charge in [0.2, 0.25) is 0 Å². The van der Waals surface area contributed by atoms with Crippen LogP contribution in [0.2, 0.25) is 0 Å². The second-order valence-electron chi connectivity index (χ2n) is 4.71. The number of anilines is 1. The maximum absolute atomic E-state index is 5.83. The molecule has 1 aromatic rings. The average molecular weight is 314 g/mol. The third-order valence-corrected chi connectivity index (χ3v) is 3.51. The lowest BCUT2D eigenvalue weighted by molar-refractivity contribution is 0.400. The molecule has 4 heteroatoms. The summed E-state index contributed by atoms with van der Waals surface area (Å²) in [6.45, 7) is 5.98. The topological polar surface area (TPSA) is 32.5 Å². The van der Waals surface area contributed by atoms with Crippen LogP contribution in [-0.2, 0) is 6.54 Å². The summed E-state index contributed by atoms with van der Waals surface area (Å²) in [7, 11) is 4.22. The lowest BCUT2D eigenvalue weighted by Crippen LogP contribution is -2.28. The van der Waals surface area contributed by atoms with Crippen LogP contribution in [0.1, 0.15) is 18.9 Å². The Morgan fingerprint density at radius 2 is 1.94 bits per heavy atom. The van der Waals surface area contributed by atoms with Crippen LogP contribution in [0, 0.1) is 0 Å². The van der Waals surface area contributed by atoms with E-state index in [1.165, 1.54) is 17.7 Å². The molecule has 0 amide bonds. The van der Waals surface area contributed by atoms with Crippen molar-refractivity contribution in [3.05, 3.63) is 28.2 Å². The zero-order valence-electron chi connectivity index (χ0n) is 11.6. The van der Waals surface area contributed by atoms with Crippen molar-refractivity contribution in [3.63, 3.8) is 0 Å². The van der Waals surface area contributed by atoms with Gasteiger partial charge < -0.3 is 15.5 Å². The van der Waals surface area contributed by atoms with Crippen molar-refractivity contribution in [1.82, 2.24) is 4.90 Å². The molecule has 0 fully saturated rings. The summed E-state index contributed by atoms with van der Waals surface area (Å²) < 4.78 is 1.09. The van der Waals surface area contributed by atoms with Crippen molar-refractivity contribution in [2.24, 2.45) is 5.73 Å². The van der Waals surface area contributed by atoms with Gasteiger partial charge in [-0.05, 0) is 57.7 Å². The van der Waals surface area contributed by atoms with Crippen LogP contribution in [0.5, 0.6) is 0 Å². The van der Waals surface area contributed by atoms with Crippen molar-refractivity contribution < 1.29 is 0 Å². The molecule has 0 heterocycles. The summed E-state index contributed by atoms with van der Waals surface area (Å²) in [6, 6.07) is 6.36.